The van der Waals surface area contributed by atoms with Gasteiger partial charge in [0.05, 0.1) is 12.0 Å². The first-order valence-electron chi connectivity index (χ1n) is 4.94. The van der Waals surface area contributed by atoms with Gasteiger partial charge in [0.1, 0.15) is 0 Å². The summed E-state index contributed by atoms with van der Waals surface area (Å²) in [4.78, 5) is 9.74. The van der Waals surface area contributed by atoms with E-state index in [0.29, 0.717) is 6.42 Å². The van der Waals surface area contributed by atoms with Gasteiger partial charge >= 0.3 is 0 Å². The van der Waals surface area contributed by atoms with Gasteiger partial charge in [-0.3, -0.25) is 10.1 Å². The second-order valence-electron chi connectivity index (χ2n) is 3.55. The monoisotopic (exact) mass is 194 g/mol. The van der Waals surface area contributed by atoms with Crippen molar-refractivity contribution in [1.82, 2.24) is 0 Å². The molecule has 4 nitrogen and oxygen atoms in total. The molecule has 0 N–H and O–H groups in total. The van der Waals surface area contributed by atoms with Crippen molar-refractivity contribution in [3.8, 4) is 6.07 Å². The van der Waals surface area contributed by atoms with E-state index >= 15 is 0 Å². The van der Waals surface area contributed by atoms with Crippen LogP contribution in [-0.2, 0) is 0 Å². The lowest BCUT2D eigenvalue weighted by Crippen LogP contribution is -2.08. The van der Waals surface area contributed by atoms with Gasteiger partial charge in [0, 0.05) is 11.3 Å². The van der Waals surface area contributed by atoms with Crippen molar-refractivity contribution in [2.24, 2.45) is 5.92 Å². The van der Waals surface area contributed by atoms with Gasteiger partial charge in [-0.2, -0.15) is 5.26 Å². The Labute approximate surface area is 83.4 Å². The van der Waals surface area contributed by atoms with Gasteiger partial charge < -0.3 is 0 Å². The molecule has 0 spiro atoms. The molecule has 0 saturated heterocycles. The molecule has 0 saturated carbocycles. The zero-order valence-electron chi connectivity index (χ0n) is 8.11. The van der Waals surface area contributed by atoms with Crippen LogP contribution >= 0.6 is 0 Å². The van der Waals surface area contributed by atoms with Gasteiger partial charge in [-0.1, -0.05) is 11.6 Å². The number of rotatable bonds is 6. The lowest BCUT2D eigenvalue weighted by molar-refractivity contribution is -0.480. The molecule has 0 radical (unpaired) electrons. The van der Waals surface area contributed by atoms with Gasteiger partial charge in [0.25, 0.3) is 0 Å². The van der Waals surface area contributed by atoms with Crippen LogP contribution in [0.4, 0.5) is 0 Å². The number of nitrogens with zero attached hydrogens (tertiary/aromatic N) is 2. The predicted molar refractivity (Wildman–Crippen MR) is 52.1 cm³/mol. The minimum Gasteiger partial charge on any atom is -0.265 e. The summed E-state index contributed by atoms with van der Waals surface area (Å²) >= 11 is 0. The molecule has 1 aliphatic carbocycles. The zero-order chi connectivity index (χ0) is 10.4. The summed E-state index contributed by atoms with van der Waals surface area (Å²) in [5.74, 6) is 0.00973. The maximum absolute atomic E-state index is 10.0. The number of nitriles is 1. The van der Waals surface area contributed by atoms with Gasteiger partial charge in [0.15, 0.2) is 0 Å². The largest absolute Gasteiger partial charge is 0.265 e. The van der Waals surface area contributed by atoms with Crippen molar-refractivity contribution < 1.29 is 4.92 Å². The third-order valence-electron chi connectivity index (χ3n) is 2.53. The highest BCUT2D eigenvalue weighted by Crippen LogP contribution is 2.28. The third-order valence-corrected chi connectivity index (χ3v) is 2.53. The first-order chi connectivity index (χ1) is 6.74. The fourth-order valence-corrected chi connectivity index (χ4v) is 1.55. The second-order valence-corrected chi connectivity index (χ2v) is 3.55. The lowest BCUT2D eigenvalue weighted by Gasteiger charge is -2.19. The van der Waals surface area contributed by atoms with Gasteiger partial charge in [-0.25, -0.2) is 0 Å². The Morgan fingerprint density at radius 3 is 2.79 bits per heavy atom. The van der Waals surface area contributed by atoms with E-state index in [0.717, 1.165) is 25.7 Å². The smallest absolute Gasteiger partial charge is 0.203 e. The summed E-state index contributed by atoms with van der Waals surface area (Å²) in [6, 6.07) is 2.25. The van der Waals surface area contributed by atoms with Crippen LogP contribution in [0, 0.1) is 27.4 Å². The van der Waals surface area contributed by atoms with Gasteiger partial charge in [-0.15, -0.1) is 0 Å². The second kappa shape index (κ2) is 5.38. The molecule has 0 aliphatic heterocycles. The van der Waals surface area contributed by atoms with Crippen molar-refractivity contribution in [3.05, 3.63) is 21.8 Å². The van der Waals surface area contributed by atoms with E-state index in [2.05, 4.69) is 12.1 Å². The molecule has 14 heavy (non-hydrogen) atoms. The standard InChI is InChI=1S/C10H14N2O2/c11-8-10(9-5-3-6-9)4-1-2-7-12(13)14/h5,10H,1-4,6-7H2. The summed E-state index contributed by atoms with van der Waals surface area (Å²) < 4.78 is 0. The molecule has 1 unspecified atom stereocenters. The minimum atomic E-state index is -0.302. The van der Waals surface area contributed by atoms with Crippen LogP contribution in [0.2, 0.25) is 0 Å². The molecule has 76 valence electrons. The minimum absolute atomic E-state index is 0.00973. The average Bonchev–Trinajstić information content (AvgIpc) is 2.06. The summed E-state index contributed by atoms with van der Waals surface area (Å²) in [7, 11) is 0. The maximum atomic E-state index is 10.0. The highest BCUT2D eigenvalue weighted by molar-refractivity contribution is 5.21. The van der Waals surface area contributed by atoms with Crippen LogP contribution in [0.1, 0.15) is 32.1 Å². The Morgan fingerprint density at radius 1 is 1.64 bits per heavy atom. The molecule has 1 rings (SSSR count). The molecule has 0 aromatic rings. The van der Waals surface area contributed by atoms with E-state index in [1.54, 1.807) is 0 Å². The Morgan fingerprint density at radius 2 is 2.36 bits per heavy atom. The van der Waals surface area contributed by atoms with Crippen LogP contribution < -0.4 is 0 Å². The SMILES string of the molecule is N#CC(CCCC[N+](=O)[O-])C1=CCC1. The topological polar surface area (TPSA) is 66.9 Å². The van der Waals surface area contributed by atoms with E-state index in [9.17, 15) is 10.1 Å². The normalized spacial score (nSPS) is 16.4. The molecular formula is C10H14N2O2. The third kappa shape index (κ3) is 3.17. The highest BCUT2D eigenvalue weighted by atomic mass is 16.6. The molecule has 0 amide bonds. The molecule has 0 aromatic carbocycles. The first kappa shape index (κ1) is 10.7. The first-order valence-corrected chi connectivity index (χ1v) is 4.94. The van der Waals surface area contributed by atoms with Crippen LogP contribution in [0.3, 0.4) is 0 Å². The maximum Gasteiger partial charge on any atom is 0.203 e. The van der Waals surface area contributed by atoms with Crippen LogP contribution in [-0.4, -0.2) is 11.5 Å². The summed E-state index contributed by atoms with van der Waals surface area (Å²) in [5.41, 5.74) is 1.23. The van der Waals surface area contributed by atoms with Crippen molar-refractivity contribution in [2.75, 3.05) is 6.54 Å². The molecule has 0 bridgehead atoms. The van der Waals surface area contributed by atoms with Crippen molar-refractivity contribution in [2.45, 2.75) is 32.1 Å². The van der Waals surface area contributed by atoms with E-state index in [4.69, 9.17) is 5.26 Å². The number of unbranched alkanes of at least 4 members (excludes halogenated alkanes) is 1. The average molecular weight is 194 g/mol. The molecular weight excluding hydrogens is 180 g/mol. The Hall–Kier alpha value is -1.37. The van der Waals surface area contributed by atoms with E-state index < -0.39 is 0 Å². The Kier molecular flexibility index (Phi) is 4.11. The zero-order valence-corrected chi connectivity index (χ0v) is 8.11. The predicted octanol–water partition coefficient (Wildman–Crippen LogP) is 2.29. The van der Waals surface area contributed by atoms with E-state index in [-0.39, 0.29) is 17.4 Å². The van der Waals surface area contributed by atoms with Crippen molar-refractivity contribution >= 4 is 0 Å². The number of nitro groups is 1. The van der Waals surface area contributed by atoms with Crippen LogP contribution in [0.25, 0.3) is 0 Å². The van der Waals surface area contributed by atoms with E-state index in [1.165, 1.54) is 5.57 Å². The molecule has 1 aliphatic rings. The number of allylic oxidation sites excluding steroid dienone is 2. The van der Waals surface area contributed by atoms with Crippen LogP contribution in [0.15, 0.2) is 11.6 Å². The van der Waals surface area contributed by atoms with Gasteiger partial charge in [0.2, 0.25) is 6.54 Å². The fraction of sp³-hybridized carbons (Fsp3) is 0.700. The Bertz CT molecular complexity index is 278. The summed E-state index contributed by atoms with van der Waals surface area (Å²) in [6.07, 6.45) is 6.35. The molecule has 0 fully saturated rings. The molecule has 1 atom stereocenters. The number of hydrogen-bond acceptors (Lipinski definition) is 3. The van der Waals surface area contributed by atoms with Crippen molar-refractivity contribution in [3.63, 3.8) is 0 Å². The fourth-order valence-electron chi connectivity index (χ4n) is 1.55. The van der Waals surface area contributed by atoms with Crippen molar-refractivity contribution in [1.29, 1.82) is 5.26 Å². The highest BCUT2D eigenvalue weighted by Gasteiger charge is 2.17. The molecule has 4 heteroatoms. The van der Waals surface area contributed by atoms with Crippen LogP contribution in [0.5, 0.6) is 0 Å². The Balaban J connectivity index is 2.16. The quantitative estimate of drug-likeness (QED) is 0.282. The van der Waals surface area contributed by atoms with E-state index in [1.807, 2.05) is 0 Å². The summed E-state index contributed by atoms with van der Waals surface area (Å²) in [5, 5.41) is 18.9. The summed E-state index contributed by atoms with van der Waals surface area (Å²) in [6.45, 7) is 0.0250. The molecule has 0 aromatic heterocycles. The molecule has 0 heterocycles. The number of hydrogen-bond donors (Lipinski definition) is 0. The lowest BCUT2D eigenvalue weighted by atomic mass is 9.85. The van der Waals surface area contributed by atoms with Gasteiger partial charge in [-0.05, 0) is 25.7 Å².